The highest BCUT2D eigenvalue weighted by molar-refractivity contribution is 5.78. The van der Waals surface area contributed by atoms with E-state index in [1.165, 1.54) is 12.1 Å². The summed E-state index contributed by atoms with van der Waals surface area (Å²) in [4.78, 5) is 24.3. The Balaban J connectivity index is 1.85. The van der Waals surface area contributed by atoms with Gasteiger partial charge in [0.15, 0.2) is 12.4 Å². The van der Waals surface area contributed by atoms with Crippen LogP contribution >= 0.6 is 0 Å². The van der Waals surface area contributed by atoms with Gasteiger partial charge < -0.3 is 15.0 Å². The quantitative estimate of drug-likeness (QED) is 0.635. The fourth-order valence-corrected chi connectivity index (χ4v) is 2.64. The minimum atomic E-state index is -0.511. The summed E-state index contributed by atoms with van der Waals surface area (Å²) in [6, 6.07) is 6.09. The molecule has 1 amide bonds. The summed E-state index contributed by atoms with van der Waals surface area (Å²) in [5, 5.41) is 14.0. The highest BCUT2D eigenvalue weighted by Gasteiger charge is 2.23. The van der Waals surface area contributed by atoms with E-state index in [1.807, 2.05) is 7.05 Å². The van der Waals surface area contributed by atoms with Crippen molar-refractivity contribution in [3.8, 4) is 5.75 Å². The Bertz CT molecular complexity index is 527. The number of likely N-dealkylation sites (tertiary alicyclic amines) is 1. The Morgan fingerprint density at radius 2 is 2.09 bits per heavy atom. The lowest BCUT2D eigenvalue weighted by Gasteiger charge is -2.31. The van der Waals surface area contributed by atoms with Gasteiger partial charge in [-0.05, 0) is 38.4 Å². The Kier molecular flexibility index (Phi) is 5.71. The van der Waals surface area contributed by atoms with Gasteiger partial charge in [0.05, 0.1) is 4.92 Å². The van der Waals surface area contributed by atoms with E-state index in [0.717, 1.165) is 19.4 Å². The number of hydrogen-bond donors (Lipinski definition) is 1. The van der Waals surface area contributed by atoms with E-state index in [0.29, 0.717) is 19.0 Å². The molecule has 1 aliphatic rings. The molecule has 2 rings (SSSR count). The number of ether oxygens (including phenoxy) is 1. The number of piperidine rings is 1. The number of nitrogens with zero attached hydrogens (tertiary/aromatic N) is 2. The number of nitro groups is 1. The smallest absolute Gasteiger partial charge is 0.310 e. The van der Waals surface area contributed by atoms with Gasteiger partial charge in [0.25, 0.3) is 5.91 Å². The second kappa shape index (κ2) is 7.74. The fourth-order valence-electron chi connectivity index (χ4n) is 2.64. The van der Waals surface area contributed by atoms with Crippen molar-refractivity contribution in [1.82, 2.24) is 10.2 Å². The van der Waals surface area contributed by atoms with Crippen LogP contribution in [-0.4, -0.2) is 49.0 Å². The van der Waals surface area contributed by atoms with Crippen molar-refractivity contribution < 1.29 is 14.5 Å². The number of benzene rings is 1. The van der Waals surface area contributed by atoms with Crippen molar-refractivity contribution in [2.75, 3.05) is 33.3 Å². The molecule has 0 atom stereocenters. The van der Waals surface area contributed by atoms with E-state index in [1.54, 1.807) is 17.0 Å². The van der Waals surface area contributed by atoms with E-state index in [9.17, 15) is 14.9 Å². The van der Waals surface area contributed by atoms with Crippen molar-refractivity contribution in [3.05, 3.63) is 34.4 Å². The van der Waals surface area contributed by atoms with Crippen molar-refractivity contribution in [3.63, 3.8) is 0 Å². The largest absolute Gasteiger partial charge is 0.477 e. The molecule has 1 saturated heterocycles. The van der Waals surface area contributed by atoms with Gasteiger partial charge in [0.2, 0.25) is 0 Å². The maximum atomic E-state index is 12.1. The third-order valence-corrected chi connectivity index (χ3v) is 3.87. The van der Waals surface area contributed by atoms with Crippen LogP contribution in [0.3, 0.4) is 0 Å². The third-order valence-electron chi connectivity index (χ3n) is 3.87. The predicted molar refractivity (Wildman–Crippen MR) is 81.8 cm³/mol. The van der Waals surface area contributed by atoms with E-state index in [2.05, 4.69) is 5.32 Å². The number of carbonyl (C=O) groups is 1. The van der Waals surface area contributed by atoms with E-state index < -0.39 is 4.92 Å². The first-order chi connectivity index (χ1) is 10.6. The summed E-state index contributed by atoms with van der Waals surface area (Å²) in [6.07, 6.45) is 1.94. The van der Waals surface area contributed by atoms with Crippen molar-refractivity contribution in [2.24, 2.45) is 5.92 Å². The topological polar surface area (TPSA) is 84.7 Å². The number of hydrogen-bond acceptors (Lipinski definition) is 5. The number of para-hydroxylation sites is 2. The van der Waals surface area contributed by atoms with Gasteiger partial charge in [-0.1, -0.05) is 12.1 Å². The Morgan fingerprint density at radius 3 is 2.73 bits per heavy atom. The van der Waals surface area contributed by atoms with Crippen LogP contribution in [0, 0.1) is 16.0 Å². The molecule has 7 heteroatoms. The molecule has 7 nitrogen and oxygen atoms in total. The first-order valence-electron chi connectivity index (χ1n) is 7.40. The lowest BCUT2D eigenvalue weighted by molar-refractivity contribution is -0.385. The summed E-state index contributed by atoms with van der Waals surface area (Å²) >= 11 is 0. The first-order valence-corrected chi connectivity index (χ1v) is 7.40. The van der Waals surface area contributed by atoms with Gasteiger partial charge in [0, 0.05) is 19.2 Å². The molecule has 22 heavy (non-hydrogen) atoms. The van der Waals surface area contributed by atoms with E-state index in [4.69, 9.17) is 4.74 Å². The lowest BCUT2D eigenvalue weighted by atomic mass is 9.97. The van der Waals surface area contributed by atoms with Crippen LogP contribution in [0.5, 0.6) is 5.75 Å². The lowest BCUT2D eigenvalue weighted by Crippen LogP contribution is -2.42. The maximum absolute atomic E-state index is 12.1. The highest BCUT2D eigenvalue weighted by atomic mass is 16.6. The zero-order valence-electron chi connectivity index (χ0n) is 12.7. The Hall–Kier alpha value is -2.15. The number of carbonyl (C=O) groups excluding carboxylic acids is 1. The monoisotopic (exact) mass is 307 g/mol. The molecule has 0 aliphatic carbocycles. The van der Waals surface area contributed by atoms with Gasteiger partial charge in [-0.2, -0.15) is 0 Å². The fraction of sp³-hybridized carbons (Fsp3) is 0.533. The third kappa shape index (κ3) is 4.17. The standard InChI is InChI=1S/C15H21N3O4/c1-16-10-12-6-8-17(9-7-12)15(19)11-22-14-5-3-2-4-13(14)18(20)21/h2-5,12,16H,6-11H2,1H3. The molecular weight excluding hydrogens is 286 g/mol. The summed E-state index contributed by atoms with van der Waals surface area (Å²) in [6.45, 7) is 2.23. The molecule has 1 fully saturated rings. The van der Waals surface area contributed by atoms with Crippen LogP contribution in [0.1, 0.15) is 12.8 Å². The molecule has 1 aromatic rings. The van der Waals surface area contributed by atoms with Crippen LogP contribution in [0.2, 0.25) is 0 Å². The molecule has 0 radical (unpaired) electrons. The van der Waals surface area contributed by atoms with Crippen molar-refractivity contribution in [1.29, 1.82) is 0 Å². The highest BCUT2D eigenvalue weighted by Crippen LogP contribution is 2.26. The molecule has 0 saturated carbocycles. The van der Waals surface area contributed by atoms with Gasteiger partial charge in [-0.25, -0.2) is 0 Å². The molecule has 1 heterocycles. The van der Waals surface area contributed by atoms with Crippen LogP contribution in [0.4, 0.5) is 5.69 Å². The molecule has 0 aromatic heterocycles. The van der Waals surface area contributed by atoms with Crippen LogP contribution in [0.25, 0.3) is 0 Å². The number of rotatable bonds is 6. The minimum absolute atomic E-state index is 0.122. The number of nitrogens with one attached hydrogen (secondary N) is 1. The Labute approximate surface area is 129 Å². The molecule has 1 aromatic carbocycles. The maximum Gasteiger partial charge on any atom is 0.310 e. The molecule has 1 aliphatic heterocycles. The Morgan fingerprint density at radius 1 is 1.41 bits per heavy atom. The summed E-state index contributed by atoms with van der Waals surface area (Å²) in [5.41, 5.74) is -0.122. The van der Waals surface area contributed by atoms with E-state index in [-0.39, 0.29) is 24.0 Å². The van der Waals surface area contributed by atoms with Crippen LogP contribution in [-0.2, 0) is 4.79 Å². The molecule has 0 spiro atoms. The second-order valence-corrected chi connectivity index (χ2v) is 5.40. The molecule has 0 unspecified atom stereocenters. The van der Waals surface area contributed by atoms with Crippen molar-refractivity contribution in [2.45, 2.75) is 12.8 Å². The normalized spacial score (nSPS) is 15.6. The SMILES string of the molecule is CNCC1CCN(C(=O)COc2ccccc2[N+](=O)[O-])CC1. The van der Waals surface area contributed by atoms with Crippen LogP contribution in [0.15, 0.2) is 24.3 Å². The minimum Gasteiger partial charge on any atom is -0.477 e. The summed E-state index contributed by atoms with van der Waals surface area (Å²) in [5.74, 6) is 0.608. The van der Waals surface area contributed by atoms with Gasteiger partial charge in [-0.3, -0.25) is 14.9 Å². The van der Waals surface area contributed by atoms with Gasteiger partial charge in [0.1, 0.15) is 0 Å². The molecule has 1 N–H and O–H groups in total. The van der Waals surface area contributed by atoms with Crippen LogP contribution < -0.4 is 10.1 Å². The average Bonchev–Trinajstić information content (AvgIpc) is 2.54. The van der Waals surface area contributed by atoms with Gasteiger partial charge in [-0.15, -0.1) is 0 Å². The number of amides is 1. The second-order valence-electron chi connectivity index (χ2n) is 5.40. The number of nitro benzene ring substituents is 1. The average molecular weight is 307 g/mol. The summed E-state index contributed by atoms with van der Waals surface area (Å²) in [7, 11) is 1.93. The van der Waals surface area contributed by atoms with E-state index >= 15 is 0 Å². The zero-order chi connectivity index (χ0) is 15.9. The zero-order valence-corrected chi connectivity index (χ0v) is 12.7. The molecule has 0 bridgehead atoms. The summed E-state index contributed by atoms with van der Waals surface area (Å²) < 4.78 is 5.34. The first kappa shape index (κ1) is 16.2. The molecular formula is C15H21N3O4. The van der Waals surface area contributed by atoms with Crippen molar-refractivity contribution >= 4 is 11.6 Å². The van der Waals surface area contributed by atoms with Gasteiger partial charge >= 0.3 is 5.69 Å². The molecule has 120 valence electrons. The predicted octanol–water partition coefficient (Wildman–Crippen LogP) is 1.43.